The summed E-state index contributed by atoms with van der Waals surface area (Å²) in [6.45, 7) is 2.02. The molecule has 0 unspecified atom stereocenters. The van der Waals surface area contributed by atoms with E-state index in [1.807, 2.05) is 24.3 Å². The molecule has 188 valence electrons. The minimum absolute atomic E-state index is 0.136. The number of fused-ring (bicyclic) bond motifs is 2. The second kappa shape index (κ2) is 10.0. The summed E-state index contributed by atoms with van der Waals surface area (Å²) in [5, 5.41) is 3.28. The van der Waals surface area contributed by atoms with Crippen LogP contribution in [0.2, 0.25) is 0 Å². The molecule has 3 aromatic rings. The molecular weight excluding hydrogens is 588 g/mol. The summed E-state index contributed by atoms with van der Waals surface area (Å²) in [6.07, 6.45) is 0. The summed E-state index contributed by atoms with van der Waals surface area (Å²) < 4.78 is 30.9. The first-order valence-corrected chi connectivity index (χ1v) is 12.6. The van der Waals surface area contributed by atoms with Gasteiger partial charge in [-0.15, -0.1) is 0 Å². The molecule has 1 aliphatic heterocycles. The van der Waals surface area contributed by atoms with Crippen LogP contribution in [-0.2, 0) is 16.1 Å². The van der Waals surface area contributed by atoms with Gasteiger partial charge in [-0.2, -0.15) is 0 Å². The number of Topliss-reactive ketones (excluding diaryl/α,β-unsaturated/α-hetero) is 1. The summed E-state index contributed by atoms with van der Waals surface area (Å²) in [6, 6.07) is 17.1. The van der Waals surface area contributed by atoms with Crippen molar-refractivity contribution in [2.24, 2.45) is 0 Å². The van der Waals surface area contributed by atoms with Gasteiger partial charge in [0, 0.05) is 28.3 Å². The Labute approximate surface area is 227 Å². The maximum Gasteiger partial charge on any atom is 0.336 e. The minimum atomic E-state index is -0.669. The van der Waals surface area contributed by atoms with Crippen LogP contribution in [0.4, 0.5) is 4.39 Å². The highest BCUT2D eigenvalue weighted by Crippen LogP contribution is 2.48. The number of ketones is 1. The summed E-state index contributed by atoms with van der Waals surface area (Å²) in [5.74, 6) is -0.671. The highest BCUT2D eigenvalue weighted by molar-refractivity contribution is 14.1. The molecule has 0 fully saturated rings. The smallest absolute Gasteiger partial charge is 0.336 e. The first kappa shape index (κ1) is 25.0. The predicted octanol–water partition coefficient (Wildman–Crippen LogP) is 5.76. The first-order valence-electron chi connectivity index (χ1n) is 11.5. The fourth-order valence-corrected chi connectivity index (χ4v) is 5.61. The van der Waals surface area contributed by atoms with Crippen LogP contribution in [-0.4, -0.2) is 26.0 Å². The number of hydrogen-bond donors (Lipinski definition) is 1. The maximum absolute atomic E-state index is 13.6. The van der Waals surface area contributed by atoms with E-state index >= 15 is 0 Å². The Kier molecular flexibility index (Phi) is 6.76. The lowest BCUT2D eigenvalue weighted by atomic mass is 9.79. The van der Waals surface area contributed by atoms with Gasteiger partial charge in [-0.05, 0) is 64.9 Å². The third-order valence-corrected chi connectivity index (χ3v) is 7.34. The molecule has 0 amide bonds. The molecule has 37 heavy (non-hydrogen) atoms. The Hall–Kier alpha value is -3.66. The number of carbonyl (C=O) groups excluding carboxylic acids is 2. The molecule has 0 spiro atoms. The van der Waals surface area contributed by atoms with Crippen LogP contribution in [0.15, 0.2) is 77.5 Å². The lowest BCUT2D eigenvalue weighted by Crippen LogP contribution is -2.29. The van der Waals surface area contributed by atoms with Crippen LogP contribution in [0.5, 0.6) is 11.5 Å². The van der Waals surface area contributed by atoms with Crippen molar-refractivity contribution >= 4 is 40.0 Å². The van der Waals surface area contributed by atoms with E-state index in [4.69, 9.17) is 14.2 Å². The molecule has 0 aromatic heterocycles. The van der Waals surface area contributed by atoms with Crippen LogP contribution < -0.4 is 14.8 Å². The van der Waals surface area contributed by atoms with E-state index in [2.05, 4.69) is 27.9 Å². The zero-order valence-corrected chi connectivity index (χ0v) is 22.5. The lowest BCUT2D eigenvalue weighted by molar-refractivity contribution is -0.136. The van der Waals surface area contributed by atoms with Crippen LogP contribution in [0, 0.1) is 9.39 Å². The van der Waals surface area contributed by atoms with Crippen molar-refractivity contribution in [3.63, 3.8) is 0 Å². The second-order valence-electron chi connectivity index (χ2n) is 8.70. The summed E-state index contributed by atoms with van der Waals surface area (Å²) in [4.78, 5) is 26.6. The van der Waals surface area contributed by atoms with Gasteiger partial charge in [0.25, 0.3) is 0 Å². The van der Waals surface area contributed by atoms with Gasteiger partial charge in [0.2, 0.25) is 0 Å². The fourth-order valence-electron chi connectivity index (χ4n) is 4.83. The highest BCUT2D eigenvalue weighted by Gasteiger charge is 2.43. The van der Waals surface area contributed by atoms with E-state index in [9.17, 15) is 14.0 Å². The summed E-state index contributed by atoms with van der Waals surface area (Å²) in [7, 11) is 2.86. The van der Waals surface area contributed by atoms with Crippen LogP contribution >= 0.6 is 22.6 Å². The van der Waals surface area contributed by atoms with Crippen molar-refractivity contribution in [1.82, 2.24) is 5.32 Å². The molecule has 3 aromatic carbocycles. The predicted molar refractivity (Wildman–Crippen MR) is 145 cm³/mol. The van der Waals surface area contributed by atoms with Gasteiger partial charge in [0.05, 0.1) is 29.1 Å². The standard InChI is InChI=1S/C29H23FINO5/c1-15-23(29(34)36-3)24(25-26(32-15)19-6-4-5-7-20(19)27(25)33)17-12-21(31)28(22(13-17)35-2)37-14-16-8-10-18(30)11-9-16/h4-13,24,32H,14H2,1-3H3/t24-/m1/s1. The number of halogens is 2. The quantitative estimate of drug-likeness (QED) is 0.283. The Morgan fingerprint density at radius 2 is 1.76 bits per heavy atom. The molecule has 1 aliphatic carbocycles. The van der Waals surface area contributed by atoms with Crippen molar-refractivity contribution in [2.45, 2.75) is 19.4 Å². The molecule has 1 atom stereocenters. The van der Waals surface area contributed by atoms with Crippen molar-refractivity contribution in [2.75, 3.05) is 14.2 Å². The number of rotatable bonds is 6. The molecule has 2 aliphatic rings. The third kappa shape index (κ3) is 4.39. The third-order valence-electron chi connectivity index (χ3n) is 6.54. The van der Waals surface area contributed by atoms with Gasteiger partial charge in [-0.1, -0.05) is 36.4 Å². The number of methoxy groups -OCH3 is 2. The molecule has 0 bridgehead atoms. The first-order chi connectivity index (χ1) is 17.8. The molecular formula is C29H23FINO5. The summed E-state index contributed by atoms with van der Waals surface area (Å²) in [5.41, 5.74) is 5.06. The Morgan fingerprint density at radius 3 is 2.43 bits per heavy atom. The number of hydrogen-bond acceptors (Lipinski definition) is 6. The number of dihydropyridines is 1. The highest BCUT2D eigenvalue weighted by atomic mass is 127. The molecule has 0 radical (unpaired) electrons. The zero-order valence-electron chi connectivity index (χ0n) is 20.4. The monoisotopic (exact) mass is 611 g/mol. The normalized spacial score (nSPS) is 16.2. The van der Waals surface area contributed by atoms with E-state index in [1.54, 1.807) is 31.2 Å². The van der Waals surface area contributed by atoms with Crippen molar-refractivity contribution in [3.8, 4) is 11.5 Å². The molecule has 5 rings (SSSR count). The van der Waals surface area contributed by atoms with E-state index in [0.717, 1.165) is 14.7 Å². The fraction of sp³-hybridized carbons (Fsp3) is 0.172. The molecule has 0 saturated heterocycles. The van der Waals surface area contributed by atoms with Gasteiger partial charge in [-0.25, -0.2) is 9.18 Å². The SMILES string of the molecule is COC(=O)C1=C(C)NC2=C(C(=O)c3ccccc32)[C@@H]1c1cc(I)c(OCc2ccc(F)cc2)c(OC)c1. The number of esters is 1. The minimum Gasteiger partial charge on any atom is -0.493 e. The molecule has 1 heterocycles. The maximum atomic E-state index is 13.6. The van der Waals surface area contributed by atoms with Gasteiger partial charge >= 0.3 is 5.97 Å². The van der Waals surface area contributed by atoms with Gasteiger partial charge in [-0.3, -0.25) is 4.79 Å². The van der Waals surface area contributed by atoms with Crippen molar-refractivity contribution in [3.05, 3.63) is 109 Å². The molecule has 6 nitrogen and oxygen atoms in total. The van der Waals surface area contributed by atoms with E-state index < -0.39 is 11.9 Å². The van der Waals surface area contributed by atoms with Crippen molar-refractivity contribution < 1.29 is 28.2 Å². The van der Waals surface area contributed by atoms with Crippen LogP contribution in [0.25, 0.3) is 5.70 Å². The Morgan fingerprint density at radius 1 is 1.05 bits per heavy atom. The van der Waals surface area contributed by atoms with Crippen molar-refractivity contribution in [1.29, 1.82) is 0 Å². The molecule has 8 heteroatoms. The largest absolute Gasteiger partial charge is 0.493 e. The van der Waals surface area contributed by atoms with E-state index in [1.165, 1.54) is 26.4 Å². The number of ether oxygens (including phenoxy) is 3. The van der Waals surface area contributed by atoms with E-state index in [-0.39, 0.29) is 18.2 Å². The molecule has 0 saturated carbocycles. The van der Waals surface area contributed by atoms with Crippen LogP contribution in [0.3, 0.4) is 0 Å². The Bertz CT molecular complexity index is 1490. The van der Waals surface area contributed by atoms with Gasteiger partial charge in [0.1, 0.15) is 12.4 Å². The summed E-state index contributed by atoms with van der Waals surface area (Å²) >= 11 is 2.15. The number of carbonyl (C=O) groups is 2. The number of allylic oxidation sites excluding steroid dienone is 2. The average Bonchev–Trinajstić information content (AvgIpc) is 3.18. The number of benzene rings is 3. The average molecular weight is 611 g/mol. The topological polar surface area (TPSA) is 73.9 Å². The lowest BCUT2D eigenvalue weighted by Gasteiger charge is -2.29. The van der Waals surface area contributed by atoms with E-state index in [0.29, 0.717) is 45.2 Å². The zero-order chi connectivity index (χ0) is 26.3. The van der Waals surface area contributed by atoms with Gasteiger partial charge < -0.3 is 19.5 Å². The number of nitrogens with one attached hydrogen (secondary N) is 1. The van der Waals surface area contributed by atoms with Crippen LogP contribution in [0.1, 0.15) is 39.9 Å². The Balaban J connectivity index is 1.60. The second-order valence-corrected chi connectivity index (χ2v) is 9.86. The molecule has 1 N–H and O–H groups in total. The van der Waals surface area contributed by atoms with Gasteiger partial charge in [0.15, 0.2) is 17.3 Å².